The van der Waals surface area contributed by atoms with Crippen LogP contribution in [0, 0.1) is 6.29 Å². The van der Waals surface area contributed by atoms with Gasteiger partial charge < -0.3 is 9.47 Å². The Bertz CT molecular complexity index is 64.3. The Balaban J connectivity index is 2.97. The summed E-state index contributed by atoms with van der Waals surface area (Å²) in [5.74, 6) is 0. The van der Waals surface area contributed by atoms with E-state index in [1.807, 2.05) is 13.8 Å². The van der Waals surface area contributed by atoms with Crippen molar-refractivity contribution in [2.45, 2.75) is 33.6 Å². The van der Waals surface area contributed by atoms with Gasteiger partial charge in [0.15, 0.2) is 0 Å². The first-order valence-electron chi connectivity index (χ1n) is 3.90. The molecule has 0 aromatic heterocycles. The standard InChI is InChI=1S/C8H17O2/c1-4-6-7-10-8(3)9-5-2/h4-7H2,1-3H3. The highest BCUT2D eigenvalue weighted by Gasteiger charge is 1.99. The molecule has 0 aromatic rings. The highest BCUT2D eigenvalue weighted by molar-refractivity contribution is 4.53. The van der Waals surface area contributed by atoms with E-state index in [4.69, 9.17) is 9.47 Å². The van der Waals surface area contributed by atoms with E-state index in [0.717, 1.165) is 13.0 Å². The maximum atomic E-state index is 5.22. The van der Waals surface area contributed by atoms with Gasteiger partial charge in [-0.15, -0.1) is 0 Å². The van der Waals surface area contributed by atoms with Crippen LogP contribution in [0.3, 0.4) is 0 Å². The van der Waals surface area contributed by atoms with Crippen LogP contribution in [0.4, 0.5) is 0 Å². The Hall–Kier alpha value is -0.0800. The number of rotatable bonds is 6. The average molecular weight is 145 g/mol. The van der Waals surface area contributed by atoms with Crippen molar-refractivity contribution in [3.05, 3.63) is 6.29 Å². The summed E-state index contributed by atoms with van der Waals surface area (Å²) in [6.07, 6.45) is 2.96. The molecule has 0 aliphatic heterocycles. The second-order valence-electron chi connectivity index (χ2n) is 2.13. The van der Waals surface area contributed by atoms with Crippen molar-refractivity contribution >= 4 is 0 Å². The zero-order chi connectivity index (χ0) is 7.82. The van der Waals surface area contributed by atoms with Crippen molar-refractivity contribution in [3.8, 4) is 0 Å². The van der Waals surface area contributed by atoms with E-state index in [1.165, 1.54) is 6.42 Å². The Labute approximate surface area is 63.5 Å². The summed E-state index contributed by atoms with van der Waals surface area (Å²) < 4.78 is 10.3. The van der Waals surface area contributed by atoms with Gasteiger partial charge in [0.2, 0.25) is 6.29 Å². The molecule has 0 aromatic carbocycles. The van der Waals surface area contributed by atoms with Crippen LogP contribution in [0.2, 0.25) is 0 Å². The van der Waals surface area contributed by atoms with Crippen molar-refractivity contribution in [1.82, 2.24) is 0 Å². The molecular formula is C8H17O2. The van der Waals surface area contributed by atoms with Crippen molar-refractivity contribution < 1.29 is 9.47 Å². The van der Waals surface area contributed by atoms with Crippen LogP contribution in [-0.4, -0.2) is 13.2 Å². The lowest BCUT2D eigenvalue weighted by Gasteiger charge is -2.09. The van der Waals surface area contributed by atoms with Crippen LogP contribution in [0.15, 0.2) is 0 Å². The van der Waals surface area contributed by atoms with Crippen LogP contribution in [-0.2, 0) is 9.47 Å². The summed E-state index contributed by atoms with van der Waals surface area (Å²) in [5.41, 5.74) is 0. The largest absolute Gasteiger partial charge is 0.346 e. The molecule has 0 aliphatic rings. The molecule has 0 spiro atoms. The van der Waals surface area contributed by atoms with Crippen LogP contribution < -0.4 is 0 Å². The molecule has 0 N–H and O–H groups in total. The molecule has 61 valence electrons. The fourth-order valence-corrected chi connectivity index (χ4v) is 0.605. The van der Waals surface area contributed by atoms with E-state index < -0.39 is 0 Å². The highest BCUT2D eigenvalue weighted by Crippen LogP contribution is 2.03. The van der Waals surface area contributed by atoms with Crippen molar-refractivity contribution in [3.63, 3.8) is 0 Å². The Kier molecular flexibility index (Phi) is 6.98. The van der Waals surface area contributed by atoms with Gasteiger partial charge in [0.05, 0.1) is 6.61 Å². The third-order valence-corrected chi connectivity index (χ3v) is 1.15. The molecule has 0 amide bonds. The molecule has 0 saturated carbocycles. The first kappa shape index (κ1) is 9.92. The van der Waals surface area contributed by atoms with Crippen molar-refractivity contribution in [2.75, 3.05) is 13.2 Å². The van der Waals surface area contributed by atoms with Crippen molar-refractivity contribution in [2.24, 2.45) is 0 Å². The maximum Gasteiger partial charge on any atom is 0.220 e. The molecule has 0 aliphatic carbocycles. The van der Waals surface area contributed by atoms with Gasteiger partial charge >= 0.3 is 0 Å². The third-order valence-electron chi connectivity index (χ3n) is 1.15. The summed E-state index contributed by atoms with van der Waals surface area (Å²) in [4.78, 5) is 0. The van der Waals surface area contributed by atoms with Gasteiger partial charge in [-0.1, -0.05) is 13.3 Å². The van der Waals surface area contributed by atoms with E-state index in [1.54, 1.807) is 0 Å². The van der Waals surface area contributed by atoms with Gasteiger partial charge in [-0.05, 0) is 20.3 Å². The number of ether oxygens (including phenoxy) is 2. The van der Waals surface area contributed by atoms with Gasteiger partial charge in [-0.25, -0.2) is 0 Å². The summed E-state index contributed by atoms with van der Waals surface area (Å²) in [7, 11) is 0. The van der Waals surface area contributed by atoms with Crippen LogP contribution in [0.1, 0.15) is 33.6 Å². The minimum Gasteiger partial charge on any atom is -0.346 e. The molecule has 0 unspecified atom stereocenters. The summed E-state index contributed by atoms with van der Waals surface area (Å²) in [5, 5.41) is 0. The maximum absolute atomic E-state index is 5.22. The van der Waals surface area contributed by atoms with E-state index in [-0.39, 0.29) is 0 Å². The molecule has 0 heterocycles. The minimum atomic E-state index is 0.691. The molecule has 2 heteroatoms. The normalized spacial score (nSPS) is 10.8. The lowest BCUT2D eigenvalue weighted by atomic mass is 10.4. The Morgan fingerprint density at radius 2 is 1.90 bits per heavy atom. The van der Waals surface area contributed by atoms with Gasteiger partial charge in [0.1, 0.15) is 0 Å². The number of hydrogen-bond donors (Lipinski definition) is 0. The lowest BCUT2D eigenvalue weighted by molar-refractivity contribution is -0.0334. The Morgan fingerprint density at radius 1 is 1.20 bits per heavy atom. The van der Waals surface area contributed by atoms with Gasteiger partial charge in [-0.2, -0.15) is 0 Å². The van der Waals surface area contributed by atoms with Gasteiger partial charge in [-0.3, -0.25) is 0 Å². The smallest absolute Gasteiger partial charge is 0.220 e. The fraction of sp³-hybridized carbons (Fsp3) is 0.875. The van der Waals surface area contributed by atoms with E-state index >= 15 is 0 Å². The molecule has 10 heavy (non-hydrogen) atoms. The zero-order valence-electron chi connectivity index (χ0n) is 7.14. The van der Waals surface area contributed by atoms with Gasteiger partial charge in [0, 0.05) is 6.61 Å². The minimum absolute atomic E-state index is 0.691. The van der Waals surface area contributed by atoms with Crippen LogP contribution in [0.25, 0.3) is 0 Å². The second kappa shape index (κ2) is 7.03. The first-order valence-corrected chi connectivity index (χ1v) is 3.90. The van der Waals surface area contributed by atoms with E-state index in [0.29, 0.717) is 12.9 Å². The lowest BCUT2D eigenvalue weighted by Crippen LogP contribution is -2.04. The molecule has 0 rings (SSSR count). The number of unbranched alkanes of at least 4 members (excludes halogenated alkanes) is 1. The fourth-order valence-electron chi connectivity index (χ4n) is 0.605. The van der Waals surface area contributed by atoms with Crippen LogP contribution in [0.5, 0.6) is 0 Å². The molecule has 0 fully saturated rings. The Morgan fingerprint density at radius 3 is 2.40 bits per heavy atom. The molecule has 0 atom stereocenters. The third kappa shape index (κ3) is 6.05. The molecule has 1 radical (unpaired) electrons. The monoisotopic (exact) mass is 145 g/mol. The number of hydrogen-bond acceptors (Lipinski definition) is 2. The van der Waals surface area contributed by atoms with Gasteiger partial charge in [0.25, 0.3) is 0 Å². The molecule has 0 saturated heterocycles. The topological polar surface area (TPSA) is 18.5 Å². The van der Waals surface area contributed by atoms with E-state index in [9.17, 15) is 0 Å². The predicted octanol–water partition coefficient (Wildman–Crippen LogP) is 2.35. The van der Waals surface area contributed by atoms with Crippen molar-refractivity contribution in [1.29, 1.82) is 0 Å². The van der Waals surface area contributed by atoms with Crippen LogP contribution >= 0.6 is 0 Å². The van der Waals surface area contributed by atoms with E-state index in [2.05, 4.69) is 6.92 Å². The summed E-state index contributed by atoms with van der Waals surface area (Å²) >= 11 is 0. The second-order valence-corrected chi connectivity index (χ2v) is 2.13. The zero-order valence-corrected chi connectivity index (χ0v) is 7.14. The predicted molar refractivity (Wildman–Crippen MR) is 41.4 cm³/mol. The molecule has 0 bridgehead atoms. The quantitative estimate of drug-likeness (QED) is 0.534. The highest BCUT2D eigenvalue weighted by atomic mass is 16.7. The molecule has 2 nitrogen and oxygen atoms in total. The summed E-state index contributed by atoms with van der Waals surface area (Å²) in [6, 6.07) is 0. The molecular weight excluding hydrogens is 128 g/mol. The SMILES string of the molecule is CCCCO[C](C)OCC. The first-order chi connectivity index (χ1) is 4.81. The average Bonchev–Trinajstić information content (AvgIpc) is 1.89. The summed E-state index contributed by atoms with van der Waals surface area (Å²) in [6.45, 7) is 7.41.